The molecule has 3 aromatic rings. The Morgan fingerprint density at radius 1 is 1.13 bits per heavy atom. The summed E-state index contributed by atoms with van der Waals surface area (Å²) in [6, 6.07) is 11.8. The van der Waals surface area contributed by atoms with E-state index in [-0.39, 0.29) is 41.4 Å². The van der Waals surface area contributed by atoms with Crippen molar-refractivity contribution >= 4 is 46.7 Å². The average molecular weight is 652 g/mol. The molecular formula is C31H31FN5O6PS. The summed E-state index contributed by atoms with van der Waals surface area (Å²) in [6.07, 6.45) is 5.13. The number of aromatic nitrogens is 1. The second-order valence-electron chi connectivity index (χ2n) is 12.7. The van der Waals surface area contributed by atoms with Gasteiger partial charge in [-0.25, -0.2) is 4.39 Å². The molecule has 234 valence electrons. The normalized spacial score (nSPS) is 27.8. The number of rotatable bonds is 6. The highest BCUT2D eigenvalue weighted by Gasteiger charge is 2.55. The summed E-state index contributed by atoms with van der Waals surface area (Å²) in [5, 5.41) is 13.3. The number of carbonyl (C=O) groups is 3. The van der Waals surface area contributed by atoms with Crippen LogP contribution in [0.1, 0.15) is 58.9 Å². The van der Waals surface area contributed by atoms with E-state index in [1.165, 1.54) is 24.3 Å². The summed E-state index contributed by atoms with van der Waals surface area (Å²) < 4.78 is 26.3. The topological polar surface area (TPSA) is 164 Å². The molecule has 2 aromatic heterocycles. The standard InChI is InChI=1S/C31H31FN5O6PS/c32-27(44(41,42)43)17-4-7-24-20(9-17)13-25(45-24)28(38)35-22-12-19-10-18(19)11-21-5-6-23(37(21)29(22)39)30(40)36-15-31(14-33,16-36)26-3-1-2-8-34-26/h1-4,7-9,13,18-19,21-23,27H,5-6,10-12,15-16H2,(H,35,38)(H2,41,42,43)/t18-,19+,21+,22-,23-,27-/m0/s1. The zero-order valence-electron chi connectivity index (χ0n) is 24.1. The Morgan fingerprint density at radius 3 is 2.62 bits per heavy atom. The predicted molar refractivity (Wildman–Crippen MR) is 162 cm³/mol. The number of alkyl halides is 1. The molecule has 7 rings (SSSR count). The molecule has 0 spiro atoms. The zero-order chi connectivity index (χ0) is 31.7. The summed E-state index contributed by atoms with van der Waals surface area (Å²) in [4.78, 5) is 67.7. The molecule has 5 heterocycles. The number of nitrogens with zero attached hydrogens (tertiary/aromatic N) is 4. The molecular weight excluding hydrogens is 620 g/mol. The number of hydrogen-bond acceptors (Lipinski definition) is 7. The van der Waals surface area contributed by atoms with E-state index in [0.717, 1.165) is 24.2 Å². The number of nitriles is 1. The molecule has 1 saturated carbocycles. The Kier molecular flexibility index (Phi) is 7.32. The second-order valence-corrected chi connectivity index (χ2v) is 15.4. The molecule has 3 saturated heterocycles. The summed E-state index contributed by atoms with van der Waals surface area (Å²) in [5.74, 6) is -2.66. The number of halogens is 1. The van der Waals surface area contributed by atoms with Gasteiger partial charge in [0.2, 0.25) is 17.7 Å². The number of pyridine rings is 1. The van der Waals surface area contributed by atoms with Gasteiger partial charge in [0.1, 0.15) is 17.5 Å². The highest BCUT2D eigenvalue weighted by Crippen LogP contribution is 2.53. The molecule has 4 fully saturated rings. The Hall–Kier alpha value is -3.69. The van der Waals surface area contributed by atoms with E-state index in [0.29, 0.717) is 46.9 Å². The largest absolute Gasteiger partial charge is 0.363 e. The lowest BCUT2D eigenvalue weighted by Gasteiger charge is -2.47. The molecule has 4 aliphatic rings. The lowest BCUT2D eigenvalue weighted by molar-refractivity contribution is -0.151. The molecule has 3 N–H and O–H groups in total. The molecule has 1 aromatic carbocycles. The van der Waals surface area contributed by atoms with Crippen molar-refractivity contribution in [3.05, 3.63) is 64.8 Å². The van der Waals surface area contributed by atoms with Crippen molar-refractivity contribution in [1.82, 2.24) is 20.1 Å². The fourth-order valence-electron chi connectivity index (χ4n) is 7.28. The predicted octanol–water partition coefficient (Wildman–Crippen LogP) is 3.63. The van der Waals surface area contributed by atoms with Crippen LogP contribution < -0.4 is 5.32 Å². The van der Waals surface area contributed by atoms with Crippen molar-refractivity contribution in [2.45, 2.75) is 61.6 Å². The Labute approximate surface area is 262 Å². The van der Waals surface area contributed by atoms with Crippen LogP contribution in [0.25, 0.3) is 10.1 Å². The van der Waals surface area contributed by atoms with Crippen LogP contribution in [-0.4, -0.2) is 73.5 Å². The summed E-state index contributed by atoms with van der Waals surface area (Å²) in [7, 11) is -4.99. The number of fused-ring (bicyclic) bond motifs is 3. The SMILES string of the molecule is N#CC1(c2ccccn2)CN(C(=O)[C@@H]2CC[C@@H]3C[C@@H]4C[C@@H]4C[C@H](NC(=O)c4cc5cc([C@@H](F)P(=O)(O)O)ccc5s4)C(=O)N32)C1. The molecule has 0 radical (unpaired) electrons. The van der Waals surface area contributed by atoms with Crippen LogP contribution in [0.15, 0.2) is 48.7 Å². The molecule has 6 atom stereocenters. The Balaban J connectivity index is 1.08. The van der Waals surface area contributed by atoms with E-state index in [4.69, 9.17) is 0 Å². The summed E-state index contributed by atoms with van der Waals surface area (Å²) in [5.41, 5.74) is -0.436. The van der Waals surface area contributed by atoms with Crippen molar-refractivity contribution in [3.63, 3.8) is 0 Å². The maximum Gasteiger partial charge on any atom is 0.363 e. The molecule has 14 heteroatoms. The van der Waals surface area contributed by atoms with Crippen molar-refractivity contribution in [3.8, 4) is 6.07 Å². The van der Waals surface area contributed by atoms with Crippen LogP contribution in [0.3, 0.4) is 0 Å². The van der Waals surface area contributed by atoms with Crippen LogP contribution in [0.4, 0.5) is 4.39 Å². The van der Waals surface area contributed by atoms with Gasteiger partial charge in [0.25, 0.3) is 5.91 Å². The van der Waals surface area contributed by atoms with E-state index >= 15 is 0 Å². The maximum atomic E-state index is 14.3. The maximum absolute atomic E-state index is 14.3. The minimum atomic E-state index is -4.99. The van der Waals surface area contributed by atoms with Crippen LogP contribution in [-0.2, 0) is 19.6 Å². The van der Waals surface area contributed by atoms with Crippen LogP contribution in [0.2, 0.25) is 0 Å². The number of likely N-dealkylation sites (tertiary alicyclic amines) is 1. The highest BCUT2D eigenvalue weighted by atomic mass is 32.1. The monoisotopic (exact) mass is 651 g/mol. The number of benzene rings is 1. The fourth-order valence-corrected chi connectivity index (χ4v) is 8.78. The van der Waals surface area contributed by atoms with Gasteiger partial charge in [0, 0.05) is 30.0 Å². The Morgan fingerprint density at radius 2 is 1.91 bits per heavy atom. The molecule has 11 nitrogen and oxygen atoms in total. The smallest absolute Gasteiger partial charge is 0.340 e. The highest BCUT2D eigenvalue weighted by molar-refractivity contribution is 7.51. The summed E-state index contributed by atoms with van der Waals surface area (Å²) in [6.45, 7) is 0.413. The quantitative estimate of drug-likeness (QED) is 0.340. The van der Waals surface area contributed by atoms with Gasteiger partial charge in [-0.2, -0.15) is 5.26 Å². The average Bonchev–Trinajstić information content (AvgIpc) is 3.36. The van der Waals surface area contributed by atoms with Crippen LogP contribution >= 0.6 is 18.9 Å². The van der Waals surface area contributed by atoms with Crippen molar-refractivity contribution < 1.29 is 33.1 Å². The van der Waals surface area contributed by atoms with Gasteiger partial charge in [0.15, 0.2) is 0 Å². The first-order valence-corrected chi connectivity index (χ1v) is 17.4. The van der Waals surface area contributed by atoms with Crippen molar-refractivity contribution in [2.75, 3.05) is 13.1 Å². The third kappa shape index (κ3) is 5.33. The Bertz CT molecular complexity index is 1790. The third-order valence-electron chi connectivity index (χ3n) is 9.76. The summed E-state index contributed by atoms with van der Waals surface area (Å²) >= 11 is 1.14. The first-order valence-electron chi connectivity index (χ1n) is 14.9. The van der Waals surface area contributed by atoms with Crippen LogP contribution in [0.5, 0.6) is 0 Å². The minimum Gasteiger partial charge on any atom is -0.340 e. The van der Waals surface area contributed by atoms with Crippen molar-refractivity contribution in [2.24, 2.45) is 11.8 Å². The number of carbonyl (C=O) groups excluding carboxylic acids is 3. The third-order valence-corrected chi connectivity index (χ3v) is 11.8. The van der Waals surface area contributed by atoms with Crippen LogP contribution in [0, 0.1) is 23.2 Å². The number of thiophene rings is 1. The van der Waals surface area contributed by atoms with E-state index in [1.807, 2.05) is 6.07 Å². The van der Waals surface area contributed by atoms with E-state index in [9.17, 15) is 38.4 Å². The molecule has 0 unspecified atom stereocenters. The fraction of sp³-hybridized carbons (Fsp3) is 0.452. The first kappa shape index (κ1) is 30.0. The van der Waals surface area contributed by atoms with Gasteiger partial charge in [0.05, 0.1) is 16.6 Å². The molecule has 45 heavy (non-hydrogen) atoms. The van der Waals surface area contributed by atoms with E-state index < -0.39 is 36.9 Å². The van der Waals surface area contributed by atoms with Gasteiger partial charge < -0.3 is 24.9 Å². The van der Waals surface area contributed by atoms with Gasteiger partial charge in [-0.15, -0.1) is 11.3 Å². The first-order chi connectivity index (χ1) is 21.5. The number of hydrogen-bond donors (Lipinski definition) is 3. The molecule has 1 aliphatic carbocycles. The molecule has 0 bridgehead atoms. The van der Waals surface area contributed by atoms with Gasteiger partial charge >= 0.3 is 7.60 Å². The zero-order valence-corrected chi connectivity index (χ0v) is 25.8. The second kappa shape index (κ2) is 11.0. The number of amides is 3. The molecule has 3 aliphatic heterocycles. The van der Waals surface area contributed by atoms with Gasteiger partial charge in [-0.1, -0.05) is 12.1 Å². The van der Waals surface area contributed by atoms with Crippen molar-refractivity contribution in [1.29, 1.82) is 5.26 Å². The number of nitrogens with one attached hydrogen (secondary N) is 1. The van der Waals surface area contributed by atoms with E-state index in [2.05, 4.69) is 16.4 Å². The van der Waals surface area contributed by atoms with E-state index in [1.54, 1.807) is 28.1 Å². The van der Waals surface area contributed by atoms with Gasteiger partial charge in [-0.05, 0) is 85.2 Å². The van der Waals surface area contributed by atoms with Gasteiger partial charge in [-0.3, -0.25) is 23.9 Å². The molecule has 3 amide bonds. The lowest BCUT2D eigenvalue weighted by atomic mass is 9.77. The minimum absolute atomic E-state index is 0.0932. The lowest BCUT2D eigenvalue weighted by Crippen LogP contribution is -2.65.